The normalized spacial score (nSPS) is 29.9. The van der Waals surface area contributed by atoms with Crippen molar-refractivity contribution in [1.82, 2.24) is 15.1 Å². The van der Waals surface area contributed by atoms with E-state index in [9.17, 15) is 14.4 Å². The number of nitrogens with one attached hydrogen (secondary N) is 1. The smallest absolute Gasteiger partial charge is 0.325 e. The molecule has 134 valence electrons. The Kier molecular flexibility index (Phi) is 4.10. The van der Waals surface area contributed by atoms with E-state index in [4.69, 9.17) is 5.73 Å². The van der Waals surface area contributed by atoms with Crippen molar-refractivity contribution in [3.8, 4) is 0 Å². The Morgan fingerprint density at radius 2 is 1.92 bits per heavy atom. The highest BCUT2D eigenvalue weighted by atomic mass is 16.2. The molecule has 0 aromatic rings. The van der Waals surface area contributed by atoms with Crippen LogP contribution >= 0.6 is 0 Å². The molecule has 1 aliphatic carbocycles. The molecule has 7 heteroatoms. The van der Waals surface area contributed by atoms with Crippen LogP contribution in [0.5, 0.6) is 0 Å². The molecule has 0 radical (unpaired) electrons. The third-order valence-corrected chi connectivity index (χ3v) is 6.02. The zero-order chi connectivity index (χ0) is 17.7. The first-order valence-electron chi connectivity index (χ1n) is 8.88. The van der Waals surface area contributed by atoms with Crippen molar-refractivity contribution in [3.63, 3.8) is 0 Å². The third-order valence-electron chi connectivity index (χ3n) is 6.02. The fourth-order valence-corrected chi connectivity index (χ4v) is 4.25. The van der Waals surface area contributed by atoms with E-state index in [0.29, 0.717) is 25.9 Å². The number of nitrogens with zero attached hydrogens (tertiary/aromatic N) is 2. The van der Waals surface area contributed by atoms with Gasteiger partial charge in [0.2, 0.25) is 5.91 Å². The predicted molar refractivity (Wildman–Crippen MR) is 89.0 cm³/mol. The fraction of sp³-hybridized carbons (Fsp3) is 0.824. The van der Waals surface area contributed by atoms with Crippen LogP contribution in [-0.4, -0.2) is 58.4 Å². The van der Waals surface area contributed by atoms with Gasteiger partial charge in [-0.1, -0.05) is 26.7 Å². The quantitative estimate of drug-likeness (QED) is 0.730. The maximum absolute atomic E-state index is 12.9. The van der Waals surface area contributed by atoms with E-state index in [2.05, 4.69) is 5.32 Å². The van der Waals surface area contributed by atoms with Crippen LogP contribution in [0.2, 0.25) is 0 Å². The third kappa shape index (κ3) is 2.59. The maximum Gasteiger partial charge on any atom is 0.325 e. The number of piperidine rings is 1. The van der Waals surface area contributed by atoms with Crippen molar-refractivity contribution >= 4 is 17.8 Å². The van der Waals surface area contributed by atoms with Gasteiger partial charge in [0.05, 0.1) is 0 Å². The molecule has 7 nitrogen and oxygen atoms in total. The van der Waals surface area contributed by atoms with E-state index in [-0.39, 0.29) is 23.3 Å². The summed E-state index contributed by atoms with van der Waals surface area (Å²) >= 11 is 0. The number of likely N-dealkylation sites (tertiary alicyclic amines) is 1. The molecule has 3 rings (SSSR count). The largest absolute Gasteiger partial charge is 0.340 e. The molecular weight excluding hydrogens is 308 g/mol. The highest BCUT2D eigenvalue weighted by Crippen LogP contribution is 2.36. The van der Waals surface area contributed by atoms with E-state index >= 15 is 0 Å². The number of carbonyl (C=O) groups excluding carboxylic acids is 3. The summed E-state index contributed by atoms with van der Waals surface area (Å²) in [6, 6.07) is -1.16. The van der Waals surface area contributed by atoms with Crippen molar-refractivity contribution in [2.24, 2.45) is 11.1 Å². The lowest BCUT2D eigenvalue weighted by Gasteiger charge is -2.43. The maximum atomic E-state index is 12.9. The molecule has 2 heterocycles. The summed E-state index contributed by atoms with van der Waals surface area (Å²) in [5, 5.41) is 2.84. The van der Waals surface area contributed by atoms with Crippen molar-refractivity contribution in [2.45, 2.75) is 70.5 Å². The van der Waals surface area contributed by atoms with E-state index in [1.807, 2.05) is 13.8 Å². The number of imide groups is 1. The van der Waals surface area contributed by atoms with Crippen LogP contribution in [0.25, 0.3) is 0 Å². The number of urea groups is 1. The molecule has 3 fully saturated rings. The number of hydrogen-bond donors (Lipinski definition) is 2. The van der Waals surface area contributed by atoms with Crippen LogP contribution in [0.1, 0.15) is 52.9 Å². The number of hydrogen-bond acceptors (Lipinski definition) is 4. The molecule has 0 aromatic carbocycles. The standard InChI is InChI=1S/C17H28N4O3/c1-11(13(22)20-9-6-12(18)16(2,3)10-20)21-14(23)17(19-15(21)24)7-4-5-8-17/h11-12H,4-10,18H2,1-3H3,(H,19,24). The van der Waals surface area contributed by atoms with Crippen LogP contribution in [-0.2, 0) is 9.59 Å². The lowest BCUT2D eigenvalue weighted by atomic mass is 9.79. The summed E-state index contributed by atoms with van der Waals surface area (Å²) in [6.45, 7) is 6.86. The Balaban J connectivity index is 1.74. The number of rotatable bonds is 2. The molecule has 2 atom stereocenters. The summed E-state index contributed by atoms with van der Waals surface area (Å²) in [7, 11) is 0. The second kappa shape index (κ2) is 5.72. The van der Waals surface area contributed by atoms with E-state index < -0.39 is 17.6 Å². The SMILES string of the molecule is CC(C(=O)N1CCC(N)C(C)(C)C1)N1C(=O)NC2(CCCC2)C1=O. The molecule has 2 saturated heterocycles. The minimum absolute atomic E-state index is 0.0512. The van der Waals surface area contributed by atoms with Gasteiger partial charge in [0.15, 0.2) is 0 Å². The number of carbonyl (C=O) groups is 3. The van der Waals surface area contributed by atoms with E-state index in [1.165, 1.54) is 0 Å². The van der Waals surface area contributed by atoms with Gasteiger partial charge < -0.3 is 16.0 Å². The molecule has 0 bridgehead atoms. The first-order valence-corrected chi connectivity index (χ1v) is 8.88. The summed E-state index contributed by atoms with van der Waals surface area (Å²) in [5.41, 5.74) is 5.19. The summed E-state index contributed by atoms with van der Waals surface area (Å²) in [5.74, 6) is -0.410. The predicted octanol–water partition coefficient (Wildman–Crippen LogP) is 0.825. The number of nitrogens with two attached hydrogens (primary N) is 1. The second-order valence-electron chi connectivity index (χ2n) is 8.21. The van der Waals surface area contributed by atoms with Crippen LogP contribution in [0.3, 0.4) is 0 Å². The topological polar surface area (TPSA) is 95.7 Å². The summed E-state index contributed by atoms with van der Waals surface area (Å²) in [6.07, 6.45) is 3.93. The molecule has 0 aromatic heterocycles. The zero-order valence-electron chi connectivity index (χ0n) is 14.8. The van der Waals surface area contributed by atoms with Crippen LogP contribution < -0.4 is 11.1 Å². The Morgan fingerprint density at radius 3 is 2.50 bits per heavy atom. The van der Waals surface area contributed by atoms with Crippen LogP contribution in [0.15, 0.2) is 0 Å². The van der Waals surface area contributed by atoms with Gasteiger partial charge in [0, 0.05) is 19.1 Å². The molecule has 3 aliphatic rings. The second-order valence-corrected chi connectivity index (χ2v) is 8.21. The molecular formula is C17H28N4O3. The van der Waals surface area contributed by atoms with Crippen molar-refractivity contribution in [3.05, 3.63) is 0 Å². The van der Waals surface area contributed by atoms with Crippen LogP contribution in [0.4, 0.5) is 4.79 Å². The van der Waals surface area contributed by atoms with E-state index in [0.717, 1.165) is 24.2 Å². The fourth-order valence-electron chi connectivity index (χ4n) is 4.25. The monoisotopic (exact) mass is 336 g/mol. The lowest BCUT2D eigenvalue weighted by molar-refractivity contribution is -0.145. The van der Waals surface area contributed by atoms with Gasteiger partial charge >= 0.3 is 6.03 Å². The van der Waals surface area contributed by atoms with E-state index in [1.54, 1.807) is 11.8 Å². The Labute approximate surface area is 142 Å². The summed E-state index contributed by atoms with van der Waals surface area (Å²) in [4.78, 5) is 40.9. The average Bonchev–Trinajstić information content (AvgIpc) is 3.07. The minimum Gasteiger partial charge on any atom is -0.340 e. The molecule has 2 aliphatic heterocycles. The molecule has 3 N–H and O–H groups in total. The van der Waals surface area contributed by atoms with Crippen molar-refractivity contribution in [1.29, 1.82) is 0 Å². The van der Waals surface area contributed by atoms with Gasteiger partial charge in [-0.15, -0.1) is 0 Å². The van der Waals surface area contributed by atoms with Gasteiger partial charge in [-0.3, -0.25) is 9.59 Å². The first kappa shape index (κ1) is 17.2. The van der Waals surface area contributed by atoms with Gasteiger partial charge in [0.25, 0.3) is 5.91 Å². The Morgan fingerprint density at radius 1 is 1.29 bits per heavy atom. The minimum atomic E-state index is -0.775. The van der Waals surface area contributed by atoms with Gasteiger partial charge in [-0.05, 0) is 31.6 Å². The molecule has 1 spiro atoms. The van der Waals surface area contributed by atoms with Crippen LogP contribution in [0, 0.1) is 5.41 Å². The van der Waals surface area contributed by atoms with Gasteiger partial charge in [-0.2, -0.15) is 0 Å². The summed E-state index contributed by atoms with van der Waals surface area (Å²) < 4.78 is 0. The highest BCUT2D eigenvalue weighted by Gasteiger charge is 2.55. The molecule has 4 amide bonds. The lowest BCUT2D eigenvalue weighted by Crippen LogP contribution is -2.58. The molecule has 24 heavy (non-hydrogen) atoms. The molecule has 2 unspecified atom stereocenters. The van der Waals surface area contributed by atoms with Crippen molar-refractivity contribution in [2.75, 3.05) is 13.1 Å². The zero-order valence-corrected chi connectivity index (χ0v) is 14.8. The Bertz CT molecular complexity index is 568. The average molecular weight is 336 g/mol. The number of amides is 4. The van der Waals surface area contributed by atoms with Gasteiger partial charge in [0.1, 0.15) is 11.6 Å². The van der Waals surface area contributed by atoms with Gasteiger partial charge in [-0.25, -0.2) is 9.69 Å². The highest BCUT2D eigenvalue weighted by molar-refractivity contribution is 6.09. The van der Waals surface area contributed by atoms with Crippen molar-refractivity contribution < 1.29 is 14.4 Å². The first-order chi connectivity index (χ1) is 11.2. The Hall–Kier alpha value is -1.63. The molecule has 1 saturated carbocycles.